The lowest BCUT2D eigenvalue weighted by atomic mass is 10.2. The number of rotatable bonds is 6. The van der Waals surface area contributed by atoms with Crippen LogP contribution < -0.4 is 5.32 Å². The summed E-state index contributed by atoms with van der Waals surface area (Å²) in [6, 6.07) is 18.8. The van der Waals surface area contributed by atoms with Crippen LogP contribution in [-0.2, 0) is 13.1 Å². The molecular formula is C23H21N5O2. The minimum Gasteiger partial charge on any atom is -0.345 e. The van der Waals surface area contributed by atoms with Crippen molar-refractivity contribution in [3.8, 4) is 0 Å². The Hall–Kier alpha value is -4.00. The number of carbonyl (C=O) groups excluding carboxylic acids is 2. The molecule has 0 aliphatic rings. The zero-order valence-electron chi connectivity index (χ0n) is 16.5. The number of hydrogen-bond acceptors (Lipinski definition) is 4. The summed E-state index contributed by atoms with van der Waals surface area (Å²) in [6.45, 7) is 0.801. The Morgan fingerprint density at radius 3 is 2.47 bits per heavy atom. The number of hydrogen-bond donors (Lipinski definition) is 1. The molecule has 0 spiro atoms. The van der Waals surface area contributed by atoms with Gasteiger partial charge in [0.2, 0.25) is 5.82 Å². The number of imidazole rings is 1. The molecule has 0 fully saturated rings. The molecule has 0 saturated heterocycles. The highest BCUT2D eigenvalue weighted by atomic mass is 16.2. The molecule has 0 radical (unpaired) electrons. The number of benzene rings is 1. The minimum atomic E-state index is -0.349. The van der Waals surface area contributed by atoms with Crippen LogP contribution in [-0.4, -0.2) is 38.1 Å². The fourth-order valence-electron chi connectivity index (χ4n) is 3.23. The third-order valence-corrected chi connectivity index (χ3v) is 4.77. The summed E-state index contributed by atoms with van der Waals surface area (Å²) >= 11 is 0. The first-order valence-corrected chi connectivity index (χ1v) is 9.57. The molecule has 3 aromatic heterocycles. The van der Waals surface area contributed by atoms with Crippen LogP contribution in [0.3, 0.4) is 0 Å². The zero-order valence-corrected chi connectivity index (χ0v) is 16.5. The van der Waals surface area contributed by atoms with Crippen LogP contribution >= 0.6 is 0 Å². The second-order valence-electron chi connectivity index (χ2n) is 6.92. The largest absolute Gasteiger partial charge is 0.345 e. The SMILES string of the molecule is CN(Cc1ccccc1)C(=O)c1nc(C(=O)NCc2ccncc2)n2ccccc12. The highest BCUT2D eigenvalue weighted by Gasteiger charge is 2.23. The van der Waals surface area contributed by atoms with Crippen molar-refractivity contribution in [2.75, 3.05) is 7.05 Å². The molecule has 0 bridgehead atoms. The van der Waals surface area contributed by atoms with Crippen LogP contribution in [0.5, 0.6) is 0 Å². The van der Waals surface area contributed by atoms with Gasteiger partial charge in [-0.15, -0.1) is 0 Å². The fraction of sp³-hybridized carbons (Fsp3) is 0.130. The molecule has 3 heterocycles. The number of nitrogens with one attached hydrogen (secondary N) is 1. The van der Waals surface area contributed by atoms with E-state index in [1.54, 1.807) is 47.1 Å². The topological polar surface area (TPSA) is 79.6 Å². The number of fused-ring (bicyclic) bond motifs is 1. The molecule has 7 heteroatoms. The summed E-state index contributed by atoms with van der Waals surface area (Å²) in [5.74, 6) is -0.412. The molecule has 0 unspecified atom stereocenters. The van der Waals surface area contributed by atoms with Gasteiger partial charge in [0.1, 0.15) is 0 Å². The molecule has 150 valence electrons. The molecule has 0 atom stereocenters. The average molecular weight is 399 g/mol. The molecule has 0 saturated carbocycles. The molecule has 0 aliphatic carbocycles. The molecule has 30 heavy (non-hydrogen) atoms. The van der Waals surface area contributed by atoms with Crippen LogP contribution in [0.25, 0.3) is 5.52 Å². The Morgan fingerprint density at radius 2 is 1.70 bits per heavy atom. The first-order valence-electron chi connectivity index (χ1n) is 9.57. The molecule has 1 N–H and O–H groups in total. The number of carbonyl (C=O) groups is 2. The van der Waals surface area contributed by atoms with Crippen molar-refractivity contribution in [1.82, 2.24) is 24.6 Å². The van der Waals surface area contributed by atoms with E-state index >= 15 is 0 Å². The van der Waals surface area contributed by atoms with Crippen molar-refractivity contribution in [3.05, 3.63) is 102 Å². The molecule has 4 rings (SSSR count). The van der Waals surface area contributed by atoms with Crippen molar-refractivity contribution in [2.24, 2.45) is 0 Å². The van der Waals surface area contributed by atoms with Gasteiger partial charge in [0.25, 0.3) is 11.8 Å². The first kappa shape index (κ1) is 19.3. The van der Waals surface area contributed by atoms with Gasteiger partial charge in [-0.3, -0.25) is 19.0 Å². The Morgan fingerprint density at radius 1 is 0.967 bits per heavy atom. The second-order valence-corrected chi connectivity index (χ2v) is 6.92. The molecule has 2 amide bonds. The third-order valence-electron chi connectivity index (χ3n) is 4.77. The van der Waals surface area contributed by atoms with Crippen LogP contribution in [0.1, 0.15) is 32.2 Å². The predicted molar refractivity (Wildman–Crippen MR) is 113 cm³/mol. The number of pyridine rings is 2. The van der Waals surface area contributed by atoms with Crippen molar-refractivity contribution < 1.29 is 9.59 Å². The van der Waals surface area contributed by atoms with Gasteiger partial charge >= 0.3 is 0 Å². The first-order chi connectivity index (χ1) is 14.6. The highest BCUT2D eigenvalue weighted by Crippen LogP contribution is 2.16. The van der Waals surface area contributed by atoms with Gasteiger partial charge in [-0.2, -0.15) is 0 Å². The van der Waals surface area contributed by atoms with Gasteiger partial charge in [-0.25, -0.2) is 4.98 Å². The minimum absolute atomic E-state index is 0.177. The fourth-order valence-corrected chi connectivity index (χ4v) is 3.23. The van der Waals surface area contributed by atoms with Crippen molar-refractivity contribution >= 4 is 17.3 Å². The average Bonchev–Trinajstić information content (AvgIpc) is 3.18. The third kappa shape index (κ3) is 4.05. The van der Waals surface area contributed by atoms with E-state index in [0.717, 1.165) is 11.1 Å². The number of nitrogens with zero attached hydrogens (tertiary/aromatic N) is 4. The lowest BCUT2D eigenvalue weighted by molar-refractivity contribution is 0.0782. The molecule has 4 aromatic rings. The highest BCUT2D eigenvalue weighted by molar-refractivity contribution is 6.02. The summed E-state index contributed by atoms with van der Waals surface area (Å²) in [6.07, 6.45) is 5.08. The maximum absolute atomic E-state index is 13.1. The van der Waals surface area contributed by atoms with Gasteiger partial charge in [0.05, 0.1) is 5.52 Å². The van der Waals surface area contributed by atoms with Crippen molar-refractivity contribution in [2.45, 2.75) is 13.1 Å². The van der Waals surface area contributed by atoms with Crippen molar-refractivity contribution in [3.63, 3.8) is 0 Å². The molecule has 0 aliphatic heterocycles. The molecule has 7 nitrogen and oxygen atoms in total. The standard InChI is InChI=1S/C23H21N5O2/c1-27(16-18-7-3-2-4-8-18)23(30)20-19-9-5-6-14-28(19)21(26-20)22(29)25-15-17-10-12-24-13-11-17/h2-14H,15-16H2,1H3,(H,25,29). The Kier molecular flexibility index (Phi) is 5.52. The smallest absolute Gasteiger partial charge is 0.287 e. The van der Waals surface area contributed by atoms with E-state index in [2.05, 4.69) is 15.3 Å². The van der Waals surface area contributed by atoms with Gasteiger partial charge < -0.3 is 10.2 Å². The van der Waals surface area contributed by atoms with E-state index in [1.165, 1.54) is 0 Å². The van der Waals surface area contributed by atoms with Gasteiger partial charge in [-0.1, -0.05) is 36.4 Å². The maximum atomic E-state index is 13.1. The Bertz CT molecular complexity index is 1170. The van der Waals surface area contributed by atoms with Crippen LogP contribution in [0.2, 0.25) is 0 Å². The summed E-state index contributed by atoms with van der Waals surface area (Å²) in [5.41, 5.74) is 2.80. The monoisotopic (exact) mass is 399 g/mol. The van der Waals surface area contributed by atoms with Gasteiger partial charge in [-0.05, 0) is 35.4 Å². The van der Waals surface area contributed by atoms with E-state index < -0.39 is 0 Å². The van der Waals surface area contributed by atoms with Gasteiger partial charge in [0.15, 0.2) is 5.69 Å². The van der Waals surface area contributed by atoms with Gasteiger partial charge in [0, 0.05) is 38.7 Å². The Labute approximate surface area is 174 Å². The predicted octanol–water partition coefficient (Wildman–Crippen LogP) is 2.93. The molecular weight excluding hydrogens is 378 g/mol. The summed E-state index contributed by atoms with van der Waals surface area (Å²) in [7, 11) is 1.73. The van der Waals surface area contributed by atoms with E-state index in [4.69, 9.17) is 0 Å². The van der Waals surface area contributed by atoms with Crippen LogP contribution in [0.4, 0.5) is 0 Å². The molecule has 1 aromatic carbocycles. The van der Waals surface area contributed by atoms with E-state index in [0.29, 0.717) is 18.6 Å². The summed E-state index contributed by atoms with van der Waals surface area (Å²) < 4.78 is 1.64. The zero-order chi connectivity index (χ0) is 20.9. The quantitative estimate of drug-likeness (QED) is 0.541. The van der Waals surface area contributed by atoms with E-state index in [-0.39, 0.29) is 23.3 Å². The number of amides is 2. The number of aromatic nitrogens is 3. The van der Waals surface area contributed by atoms with E-state index in [9.17, 15) is 9.59 Å². The van der Waals surface area contributed by atoms with Crippen molar-refractivity contribution in [1.29, 1.82) is 0 Å². The Balaban J connectivity index is 1.58. The summed E-state index contributed by atoms with van der Waals surface area (Å²) in [4.78, 5) is 35.9. The van der Waals surface area contributed by atoms with Crippen LogP contribution in [0, 0.1) is 0 Å². The summed E-state index contributed by atoms with van der Waals surface area (Å²) in [5, 5.41) is 2.85. The lowest BCUT2D eigenvalue weighted by Gasteiger charge is -2.16. The van der Waals surface area contributed by atoms with Crippen LogP contribution in [0.15, 0.2) is 79.3 Å². The lowest BCUT2D eigenvalue weighted by Crippen LogP contribution is -2.27. The maximum Gasteiger partial charge on any atom is 0.287 e. The second kappa shape index (κ2) is 8.57. The normalized spacial score (nSPS) is 10.7. The van der Waals surface area contributed by atoms with E-state index in [1.807, 2.05) is 48.5 Å².